The van der Waals surface area contributed by atoms with E-state index >= 15 is 0 Å². The molecule has 0 radical (unpaired) electrons. The molecular formula is C25H26ClN3O4. The lowest BCUT2D eigenvalue weighted by Crippen LogP contribution is -2.51. The van der Waals surface area contributed by atoms with Crippen LogP contribution in [0.2, 0.25) is 0 Å². The predicted octanol–water partition coefficient (Wildman–Crippen LogP) is 5.42. The molecule has 0 saturated heterocycles. The first-order valence-electron chi connectivity index (χ1n) is 10.7. The lowest BCUT2D eigenvalue weighted by Gasteiger charge is -2.36. The maximum atomic E-state index is 13.9. The number of nitro groups is 1. The number of amides is 2. The highest BCUT2D eigenvalue weighted by molar-refractivity contribution is 6.27. The molecule has 0 fully saturated rings. The van der Waals surface area contributed by atoms with E-state index in [2.05, 4.69) is 0 Å². The molecule has 0 aliphatic rings. The van der Waals surface area contributed by atoms with Crippen LogP contribution in [-0.4, -0.2) is 39.2 Å². The number of rotatable bonds is 8. The number of halogens is 1. The Balaban J connectivity index is 2.06. The molecule has 33 heavy (non-hydrogen) atoms. The van der Waals surface area contributed by atoms with Gasteiger partial charge in [-0.1, -0.05) is 68.8 Å². The Hall–Kier alpha value is -3.45. The molecule has 0 N–H and O–H groups in total. The van der Waals surface area contributed by atoms with E-state index in [-0.39, 0.29) is 35.8 Å². The average molecular weight is 468 g/mol. The van der Waals surface area contributed by atoms with Gasteiger partial charge in [-0.05, 0) is 28.3 Å². The third-order valence-electron chi connectivity index (χ3n) is 5.61. The van der Waals surface area contributed by atoms with Crippen LogP contribution in [-0.2, 0) is 11.3 Å². The SMILES string of the molecule is CC[C@H](C)CN(C(=O)CCl)N(Cc1ccc([N+](=O)[O-])cc1)C(=O)c1cccc2ccccc12. The zero-order valence-corrected chi connectivity index (χ0v) is 19.4. The van der Waals surface area contributed by atoms with Gasteiger partial charge >= 0.3 is 0 Å². The van der Waals surface area contributed by atoms with Gasteiger partial charge in [0, 0.05) is 24.2 Å². The summed E-state index contributed by atoms with van der Waals surface area (Å²) < 4.78 is 0. The summed E-state index contributed by atoms with van der Waals surface area (Å²) in [6.07, 6.45) is 0.819. The second-order valence-corrected chi connectivity index (χ2v) is 8.20. The third kappa shape index (κ3) is 5.68. The van der Waals surface area contributed by atoms with E-state index in [1.54, 1.807) is 18.2 Å². The standard InChI is InChI=1S/C25H26ClN3O4/c1-3-18(2)16-27(24(30)15-26)28(17-19-11-13-21(14-12-19)29(32)33)25(31)23-10-6-8-20-7-4-5-9-22(20)23/h4-14,18H,3,15-17H2,1-2H3/t18-/m0/s1. The van der Waals surface area contributed by atoms with E-state index in [1.807, 2.05) is 50.2 Å². The van der Waals surface area contributed by atoms with Crippen LogP contribution in [0.15, 0.2) is 66.7 Å². The summed E-state index contributed by atoms with van der Waals surface area (Å²) >= 11 is 5.92. The minimum Gasteiger partial charge on any atom is -0.272 e. The van der Waals surface area contributed by atoms with Crippen molar-refractivity contribution in [3.05, 3.63) is 88.0 Å². The van der Waals surface area contributed by atoms with Gasteiger partial charge in [0.1, 0.15) is 5.88 Å². The number of benzene rings is 3. The summed E-state index contributed by atoms with van der Waals surface area (Å²) in [7, 11) is 0. The zero-order valence-electron chi connectivity index (χ0n) is 18.6. The Bertz CT molecular complexity index is 1140. The predicted molar refractivity (Wildman–Crippen MR) is 129 cm³/mol. The van der Waals surface area contributed by atoms with Crippen molar-refractivity contribution in [1.82, 2.24) is 10.0 Å². The number of carbonyl (C=O) groups is 2. The largest absolute Gasteiger partial charge is 0.273 e. The fourth-order valence-corrected chi connectivity index (χ4v) is 3.68. The number of fused-ring (bicyclic) bond motifs is 1. The molecule has 172 valence electrons. The maximum absolute atomic E-state index is 13.9. The first kappa shape index (κ1) is 24.2. The van der Waals surface area contributed by atoms with Crippen molar-refractivity contribution in [2.45, 2.75) is 26.8 Å². The van der Waals surface area contributed by atoms with Crippen molar-refractivity contribution in [2.75, 3.05) is 12.4 Å². The molecule has 3 rings (SSSR count). The summed E-state index contributed by atoms with van der Waals surface area (Å²) in [4.78, 5) is 37.2. The Morgan fingerprint density at radius 1 is 1.00 bits per heavy atom. The van der Waals surface area contributed by atoms with Crippen molar-refractivity contribution in [2.24, 2.45) is 5.92 Å². The van der Waals surface area contributed by atoms with Crippen molar-refractivity contribution in [3.8, 4) is 0 Å². The van der Waals surface area contributed by atoms with Crippen molar-refractivity contribution < 1.29 is 14.5 Å². The lowest BCUT2D eigenvalue weighted by atomic mass is 10.0. The van der Waals surface area contributed by atoms with Gasteiger partial charge in [0.25, 0.3) is 17.5 Å². The molecule has 2 amide bonds. The van der Waals surface area contributed by atoms with E-state index in [0.717, 1.165) is 17.2 Å². The minimum absolute atomic E-state index is 0.0426. The topological polar surface area (TPSA) is 83.8 Å². The number of hydrazine groups is 1. The molecule has 0 saturated carbocycles. The number of carbonyl (C=O) groups excluding carboxylic acids is 2. The Morgan fingerprint density at radius 2 is 1.67 bits per heavy atom. The van der Waals surface area contributed by atoms with Crippen molar-refractivity contribution in [3.63, 3.8) is 0 Å². The Labute approximate surface area is 197 Å². The number of nitro benzene ring substituents is 1. The molecule has 0 bridgehead atoms. The molecule has 3 aromatic carbocycles. The highest BCUT2D eigenvalue weighted by Gasteiger charge is 2.29. The van der Waals surface area contributed by atoms with Crippen LogP contribution in [0, 0.1) is 16.0 Å². The van der Waals surface area contributed by atoms with Crippen LogP contribution in [0.1, 0.15) is 36.2 Å². The van der Waals surface area contributed by atoms with Crippen LogP contribution in [0.3, 0.4) is 0 Å². The molecule has 8 heteroatoms. The number of nitrogens with zero attached hydrogens (tertiary/aromatic N) is 3. The Kier molecular flexibility index (Phi) is 8.01. The van der Waals surface area contributed by atoms with Gasteiger partial charge in [0.2, 0.25) is 0 Å². The monoisotopic (exact) mass is 467 g/mol. The van der Waals surface area contributed by atoms with E-state index in [4.69, 9.17) is 11.6 Å². The van der Waals surface area contributed by atoms with Crippen LogP contribution in [0.4, 0.5) is 5.69 Å². The van der Waals surface area contributed by atoms with Crippen molar-refractivity contribution in [1.29, 1.82) is 0 Å². The van der Waals surface area contributed by atoms with Crippen LogP contribution >= 0.6 is 11.6 Å². The second kappa shape index (κ2) is 10.9. The molecule has 1 atom stereocenters. The normalized spacial score (nSPS) is 11.7. The molecular weight excluding hydrogens is 442 g/mol. The van der Waals surface area contributed by atoms with E-state index < -0.39 is 4.92 Å². The summed E-state index contributed by atoms with van der Waals surface area (Å²) in [5.74, 6) is -0.855. The van der Waals surface area contributed by atoms with Gasteiger partial charge in [-0.25, -0.2) is 10.0 Å². The van der Waals surface area contributed by atoms with Gasteiger partial charge in [0.15, 0.2) is 0 Å². The zero-order chi connectivity index (χ0) is 24.0. The van der Waals surface area contributed by atoms with Gasteiger partial charge in [0.05, 0.1) is 11.5 Å². The first-order chi connectivity index (χ1) is 15.8. The quantitative estimate of drug-likeness (QED) is 0.251. The highest BCUT2D eigenvalue weighted by atomic mass is 35.5. The summed E-state index contributed by atoms with van der Waals surface area (Å²) in [6.45, 7) is 4.41. The maximum Gasteiger partial charge on any atom is 0.273 e. The van der Waals surface area contributed by atoms with Gasteiger partial charge in [-0.3, -0.25) is 19.7 Å². The van der Waals surface area contributed by atoms with Gasteiger partial charge in [-0.2, -0.15) is 0 Å². The molecule has 0 aliphatic heterocycles. The first-order valence-corrected chi connectivity index (χ1v) is 11.3. The van der Waals surface area contributed by atoms with E-state index in [0.29, 0.717) is 17.7 Å². The fraction of sp³-hybridized carbons (Fsp3) is 0.280. The fourth-order valence-electron chi connectivity index (χ4n) is 3.54. The van der Waals surface area contributed by atoms with Gasteiger partial charge < -0.3 is 0 Å². The van der Waals surface area contributed by atoms with Crippen molar-refractivity contribution >= 4 is 39.9 Å². The van der Waals surface area contributed by atoms with Crippen LogP contribution < -0.4 is 0 Å². The Morgan fingerprint density at radius 3 is 2.30 bits per heavy atom. The summed E-state index contributed by atoms with van der Waals surface area (Å²) in [5, 5.41) is 15.5. The van der Waals surface area contributed by atoms with Crippen LogP contribution in [0.25, 0.3) is 10.8 Å². The highest BCUT2D eigenvalue weighted by Crippen LogP contribution is 2.23. The second-order valence-electron chi connectivity index (χ2n) is 7.94. The van der Waals surface area contributed by atoms with Gasteiger partial charge in [-0.15, -0.1) is 11.6 Å². The molecule has 3 aromatic rings. The molecule has 0 heterocycles. The molecule has 0 spiro atoms. The summed E-state index contributed by atoms with van der Waals surface area (Å²) in [6, 6.07) is 19.0. The van der Waals surface area contributed by atoms with E-state index in [9.17, 15) is 19.7 Å². The van der Waals surface area contributed by atoms with Crippen LogP contribution in [0.5, 0.6) is 0 Å². The number of hydrogen-bond donors (Lipinski definition) is 0. The minimum atomic E-state index is -0.477. The number of non-ortho nitro benzene ring substituents is 1. The molecule has 0 unspecified atom stereocenters. The molecule has 0 aliphatic carbocycles. The summed E-state index contributed by atoms with van der Waals surface area (Å²) in [5.41, 5.74) is 1.08. The lowest BCUT2D eigenvalue weighted by molar-refractivity contribution is -0.384. The smallest absolute Gasteiger partial charge is 0.272 e. The molecule has 7 nitrogen and oxygen atoms in total. The number of hydrogen-bond acceptors (Lipinski definition) is 4. The number of alkyl halides is 1. The van der Waals surface area contributed by atoms with E-state index in [1.165, 1.54) is 22.2 Å². The molecule has 0 aromatic heterocycles. The third-order valence-corrected chi connectivity index (χ3v) is 5.84. The average Bonchev–Trinajstić information content (AvgIpc) is 2.84.